The summed E-state index contributed by atoms with van der Waals surface area (Å²) in [6.07, 6.45) is 1.59. The lowest BCUT2D eigenvalue weighted by Crippen LogP contribution is -2.31. The molecule has 530 valence electrons. The molecule has 0 aliphatic carbocycles. The van der Waals surface area contributed by atoms with Crippen LogP contribution in [-0.4, -0.2) is 92.7 Å². The van der Waals surface area contributed by atoms with Gasteiger partial charge in [0.2, 0.25) is 23.6 Å². The summed E-state index contributed by atoms with van der Waals surface area (Å²) < 4.78 is 107. The van der Waals surface area contributed by atoms with E-state index in [1.807, 2.05) is 124 Å². The Kier molecular flexibility index (Phi) is 26.7. The molecular weight excluding hydrogens is 1450 g/mol. The number of rotatable bonds is 17. The van der Waals surface area contributed by atoms with Gasteiger partial charge in [0.05, 0.1) is 62.0 Å². The third kappa shape index (κ3) is 21.1. The summed E-state index contributed by atoms with van der Waals surface area (Å²) in [7, 11) is -12.9. The molecular formula is C73H69N10O13PS6. The first-order valence-electron chi connectivity index (χ1n) is 31.2. The molecule has 0 aliphatic heterocycles. The van der Waals surface area contributed by atoms with Gasteiger partial charge in [0.1, 0.15) is 21.5 Å². The highest BCUT2D eigenvalue weighted by Gasteiger charge is 2.26. The maximum Gasteiger partial charge on any atom is 0.292 e. The van der Waals surface area contributed by atoms with Crippen LogP contribution >= 0.6 is 43.7 Å². The minimum Gasteiger partial charge on any atom is -0.424 e. The van der Waals surface area contributed by atoms with Crippen molar-refractivity contribution in [3.8, 4) is 33.4 Å². The molecule has 0 bridgehead atoms. The van der Waals surface area contributed by atoms with Gasteiger partial charge in [-0.2, -0.15) is 18.2 Å². The van der Waals surface area contributed by atoms with Crippen LogP contribution in [0.1, 0.15) is 74.9 Å². The molecule has 14 aromatic rings. The van der Waals surface area contributed by atoms with Gasteiger partial charge in [-0.15, -0.1) is 54.4 Å². The first-order valence-corrected chi connectivity index (χ1v) is 37.1. The van der Waals surface area contributed by atoms with Crippen molar-refractivity contribution >= 4 is 122 Å². The van der Waals surface area contributed by atoms with Gasteiger partial charge in [-0.1, -0.05) is 182 Å². The van der Waals surface area contributed by atoms with E-state index in [4.69, 9.17) is 29.0 Å². The number of ketones is 1. The Hall–Kier alpha value is -10.4. The first-order chi connectivity index (χ1) is 49.9. The van der Waals surface area contributed by atoms with E-state index in [-0.39, 0.29) is 70.3 Å². The van der Waals surface area contributed by atoms with Crippen LogP contribution in [0.2, 0.25) is 0 Å². The van der Waals surface area contributed by atoms with Gasteiger partial charge >= 0.3 is 0 Å². The molecule has 0 aliphatic rings. The monoisotopic (exact) mass is 1520 g/mol. The summed E-state index contributed by atoms with van der Waals surface area (Å²) in [4.78, 5) is 47.8. The number of hydrogen-bond donors (Lipinski definition) is 4. The molecule has 5 heterocycles. The Balaban J connectivity index is 0.000000200. The fourth-order valence-corrected chi connectivity index (χ4v) is 15.5. The number of nitrogens with two attached hydrogens (primary N) is 1. The molecule has 9 aromatic carbocycles. The van der Waals surface area contributed by atoms with Crippen LogP contribution in [0, 0.1) is 20.8 Å². The molecule has 30 heteroatoms. The molecule has 14 rings (SSSR count). The van der Waals surface area contributed by atoms with Gasteiger partial charge < -0.3 is 8.83 Å². The molecule has 0 fully saturated rings. The van der Waals surface area contributed by atoms with Crippen molar-refractivity contribution in [1.29, 1.82) is 3.84 Å². The Morgan fingerprint density at radius 2 is 0.883 bits per heavy atom. The number of carbonyl (C=O) groups is 2. The number of benzene rings is 9. The largest absolute Gasteiger partial charge is 0.424 e. The predicted octanol–water partition coefficient (Wildman–Crippen LogP) is 14.9. The second kappa shape index (κ2) is 36.5. The lowest BCUT2D eigenvalue weighted by Gasteiger charge is -2.01. The highest BCUT2D eigenvalue weighted by Crippen LogP contribution is 2.33. The van der Waals surface area contributed by atoms with E-state index in [1.54, 1.807) is 59.9 Å². The molecule has 103 heavy (non-hydrogen) atoms. The van der Waals surface area contributed by atoms with Crippen molar-refractivity contribution in [2.45, 2.75) is 74.7 Å². The standard InChI is InChI=1S/C24H17N3O4S2.C24H19N3O3S2.C15H13N3OS.C8H7NO3S.2CH4.H2O2.H3P/c1-15-7-10-18(11-8-15)33(29,30)14-21-26-27-23(31-21)22(28)24-25-19-12-9-17(13-20(19)32-24)16-5-3-2-4-6-16;1-16-7-10-19(11-8-16)32(28,29)15-23-27-26-22(30-23)14-24-25-20-12-9-18(13-21(20)31-24)17-5-3-2-4-6-17;16-18-14(19)9-15-17-12-7-6-11(8-13(12)20-15)10-4-2-1-3-5-10;1-7-2-4-8(5-3-7)13(11,12)9-6-10;;;1-2;/h2-13H,14H2,1H3;2-13H,14-15H2,1H3;1-8H,9,16H2,(H,18,19);2-5H,1H3;2*1H4;1-2H;1H3/i;;;;;;;1T3. The number of nitrogens with one attached hydrogen (secondary N) is 1. The first kappa shape index (κ1) is 75.3. The van der Waals surface area contributed by atoms with E-state index >= 15 is 0 Å². The van der Waals surface area contributed by atoms with Crippen LogP contribution in [0.15, 0.2) is 246 Å². The summed E-state index contributed by atoms with van der Waals surface area (Å²) in [5, 5.41) is 29.3. The summed E-state index contributed by atoms with van der Waals surface area (Å²) in [5.41, 5.74) is 14.2. The topological polar surface area (TPSA) is 361 Å². The van der Waals surface area contributed by atoms with Crippen LogP contribution in [0.25, 0.3) is 64.0 Å². The molecule has 0 spiro atoms. The summed E-state index contributed by atoms with van der Waals surface area (Å²) in [6, 6.07) is 67.6. The molecule has 5 aromatic heterocycles. The number of carbonyl (C=O) groups excluding carboxylic acids is 3. The second-order valence-corrected chi connectivity index (χ2v) is 30.7. The highest BCUT2D eigenvalue weighted by atomic mass is 32.2. The number of aryl methyl sites for hydroxylation is 3. The van der Waals surface area contributed by atoms with E-state index in [9.17, 15) is 39.6 Å². The summed E-state index contributed by atoms with van der Waals surface area (Å²) in [6.45, 7) is 5.61. The van der Waals surface area contributed by atoms with E-state index in [0.717, 1.165) is 85.7 Å². The number of amides is 1. The maximum absolute atomic E-state index is 12.9. The van der Waals surface area contributed by atoms with E-state index in [2.05, 4.69) is 87.6 Å². The zero-order valence-corrected chi connectivity index (χ0v) is 59.3. The SMILES string of the molecule is C.C.Cc1ccc(S(=O)(=O)Cc2nnc(C(=O)c3nc4ccc(-c5ccccc5)cc4s3)o2)cc1.Cc1ccc(S(=O)(=O)Cc2nnc(Cc3nc4ccc(-c5ccccc5)cc4s3)o2)cc1.Cc1ccc(S(=O)(=O)N=C=O)cc1.NNC(=O)Cc1nc2ccc(-c3ccccc3)cc2s1.OO.[3H]P([3H])[3H]. The third-order valence-corrected chi connectivity index (χ3v) is 22.0. The number of thiazole rings is 3. The molecule has 23 nitrogen and oxygen atoms in total. The maximum atomic E-state index is 12.9. The molecule has 0 radical (unpaired) electrons. The summed E-state index contributed by atoms with van der Waals surface area (Å²) >= 11 is 4.31. The Morgan fingerprint density at radius 1 is 0.505 bits per heavy atom. The number of nitrogens with zero attached hydrogens (tertiary/aromatic N) is 8. The van der Waals surface area contributed by atoms with Crippen molar-refractivity contribution in [1.82, 2.24) is 40.8 Å². The number of sulfone groups is 2. The average Bonchev–Trinajstić information content (AvgIpc) is 2.33. The number of fused-ring (bicyclic) bond motifs is 3. The Labute approximate surface area is 613 Å². The Morgan fingerprint density at radius 3 is 1.32 bits per heavy atom. The molecule has 0 saturated heterocycles. The fourth-order valence-electron chi connectivity index (χ4n) is 9.57. The van der Waals surface area contributed by atoms with E-state index in [0.29, 0.717) is 17.8 Å². The molecule has 1 amide bonds. The smallest absolute Gasteiger partial charge is 0.292 e. The van der Waals surface area contributed by atoms with Crippen molar-refractivity contribution in [2.24, 2.45) is 10.2 Å². The summed E-state index contributed by atoms with van der Waals surface area (Å²) in [5.74, 6) is 3.50. The fraction of sp³-hybridized carbons (Fsp3) is 0.123. The third-order valence-electron chi connectivity index (χ3n) is 14.6. The lowest BCUT2D eigenvalue weighted by atomic mass is 10.1. The number of aromatic nitrogens is 7. The van der Waals surface area contributed by atoms with E-state index in [1.165, 1.54) is 52.5 Å². The van der Waals surface area contributed by atoms with Crippen LogP contribution < -0.4 is 11.3 Å². The minimum absolute atomic E-state index is 0. The minimum atomic E-state index is -3.83. The normalized spacial score (nSPS) is 11.2. The number of sulfonamides is 1. The molecule has 0 saturated carbocycles. The number of isocyanates is 1. The molecule has 5 N–H and O–H groups in total. The van der Waals surface area contributed by atoms with Crippen molar-refractivity contribution in [3.63, 3.8) is 0 Å². The van der Waals surface area contributed by atoms with Gasteiger partial charge in [-0.3, -0.25) is 25.5 Å². The lowest BCUT2D eigenvalue weighted by molar-refractivity contribution is -0.176. The second-order valence-electron chi connectivity index (χ2n) is 21.8. The van der Waals surface area contributed by atoms with Crippen LogP contribution in [0.3, 0.4) is 0 Å². The molecule has 0 atom stereocenters. The highest BCUT2D eigenvalue weighted by molar-refractivity contribution is 7.91. The van der Waals surface area contributed by atoms with Gasteiger partial charge in [0.15, 0.2) is 24.7 Å². The number of hydrogen-bond acceptors (Lipinski definition) is 24. The van der Waals surface area contributed by atoms with Crippen LogP contribution in [-0.2, 0) is 63.6 Å². The zero-order valence-electron chi connectivity index (χ0n) is 56.5. The van der Waals surface area contributed by atoms with Gasteiger partial charge in [0.25, 0.3) is 27.8 Å². The van der Waals surface area contributed by atoms with E-state index < -0.39 is 51.0 Å². The van der Waals surface area contributed by atoms with Crippen molar-refractivity contribution < 1.29 is 59.0 Å². The van der Waals surface area contributed by atoms with Gasteiger partial charge in [-0.25, -0.2) is 42.4 Å². The van der Waals surface area contributed by atoms with Gasteiger partial charge in [-0.05, 0) is 127 Å². The van der Waals surface area contributed by atoms with Gasteiger partial charge in [0, 0.05) is 0 Å². The number of hydrazine groups is 1. The van der Waals surface area contributed by atoms with Crippen molar-refractivity contribution in [2.75, 3.05) is 0 Å². The van der Waals surface area contributed by atoms with Crippen LogP contribution in [0.5, 0.6) is 0 Å². The quantitative estimate of drug-likeness (QED) is 0.00961. The van der Waals surface area contributed by atoms with Crippen LogP contribution in [0.4, 0.5) is 0 Å². The molecule has 0 unspecified atom stereocenters. The zero-order chi connectivity index (χ0) is 74.6. The average molecular weight is 1520 g/mol. The van der Waals surface area contributed by atoms with Crippen molar-refractivity contribution in [3.05, 3.63) is 274 Å². The predicted molar refractivity (Wildman–Crippen MR) is 406 cm³/mol. The Bertz CT molecular complexity index is 5660.